The molecule has 0 atom stereocenters. The molecule has 1 N–H and O–H groups in total. The lowest BCUT2D eigenvalue weighted by Gasteiger charge is -2.02. The molecule has 94 valence electrons. The fourth-order valence-electron chi connectivity index (χ4n) is 1.31. The van der Waals surface area contributed by atoms with Gasteiger partial charge in [0.05, 0.1) is 7.11 Å². The fraction of sp³-hybridized carbons (Fsp3) is 0.545. The molecule has 1 heterocycles. The molecule has 0 aliphatic rings. The number of carbonyl (C=O) groups excluding carboxylic acids is 1. The van der Waals surface area contributed by atoms with Gasteiger partial charge in [0.2, 0.25) is 0 Å². The topological polar surface area (TPSA) is 69.0 Å². The van der Waals surface area contributed by atoms with E-state index in [1.165, 1.54) is 7.11 Å². The van der Waals surface area contributed by atoms with E-state index in [1.54, 1.807) is 13.3 Å². The van der Waals surface area contributed by atoms with Gasteiger partial charge in [-0.3, -0.25) is 0 Å². The Balaban J connectivity index is 2.21. The lowest BCUT2D eigenvalue weighted by molar-refractivity contribution is -0.136. The summed E-state index contributed by atoms with van der Waals surface area (Å²) in [6, 6.07) is 0. The predicted octanol–water partition coefficient (Wildman–Crippen LogP) is 0.0665. The van der Waals surface area contributed by atoms with Crippen LogP contribution in [-0.2, 0) is 23.0 Å². The number of nitrogens with one attached hydrogen (secondary N) is 1. The van der Waals surface area contributed by atoms with Gasteiger partial charge in [0.1, 0.15) is 12.2 Å². The van der Waals surface area contributed by atoms with Gasteiger partial charge >= 0.3 is 5.97 Å². The lowest BCUT2D eigenvalue weighted by Crippen LogP contribution is -2.19. The highest BCUT2D eigenvalue weighted by Crippen LogP contribution is 1.94. The summed E-state index contributed by atoms with van der Waals surface area (Å²) in [5.74, 6) is 0.645. The highest BCUT2D eigenvalue weighted by Gasteiger charge is 2.02. The first-order chi connectivity index (χ1) is 8.15. The zero-order valence-electron chi connectivity index (χ0n) is 10.4. The SMILES string of the molecule is COC(=O)C(C)=CCNCCc1nncn1C. The van der Waals surface area contributed by atoms with E-state index >= 15 is 0 Å². The third-order valence-corrected chi connectivity index (χ3v) is 2.39. The first-order valence-corrected chi connectivity index (χ1v) is 5.43. The van der Waals surface area contributed by atoms with E-state index in [2.05, 4.69) is 20.3 Å². The summed E-state index contributed by atoms with van der Waals surface area (Å²) in [5.41, 5.74) is 0.610. The molecule has 1 rings (SSSR count). The molecule has 0 aliphatic heterocycles. The van der Waals surface area contributed by atoms with Gasteiger partial charge in [0.25, 0.3) is 0 Å². The highest BCUT2D eigenvalue weighted by molar-refractivity contribution is 5.87. The van der Waals surface area contributed by atoms with E-state index in [9.17, 15) is 4.79 Å². The van der Waals surface area contributed by atoms with E-state index < -0.39 is 0 Å². The number of hydrogen-bond donors (Lipinski definition) is 1. The van der Waals surface area contributed by atoms with Crippen LogP contribution in [0.2, 0.25) is 0 Å². The van der Waals surface area contributed by atoms with Gasteiger partial charge in [-0.25, -0.2) is 4.79 Å². The van der Waals surface area contributed by atoms with Crippen molar-refractivity contribution in [3.8, 4) is 0 Å². The minimum atomic E-state index is -0.292. The van der Waals surface area contributed by atoms with Crippen molar-refractivity contribution in [2.45, 2.75) is 13.3 Å². The zero-order chi connectivity index (χ0) is 12.7. The van der Waals surface area contributed by atoms with Crippen molar-refractivity contribution in [1.29, 1.82) is 0 Å². The molecule has 0 radical (unpaired) electrons. The molecule has 6 nitrogen and oxygen atoms in total. The van der Waals surface area contributed by atoms with Gasteiger partial charge < -0.3 is 14.6 Å². The normalized spacial score (nSPS) is 11.6. The molecule has 0 spiro atoms. The van der Waals surface area contributed by atoms with Gasteiger partial charge in [0, 0.05) is 32.1 Å². The number of rotatable bonds is 6. The van der Waals surface area contributed by atoms with E-state index in [-0.39, 0.29) is 5.97 Å². The summed E-state index contributed by atoms with van der Waals surface area (Å²) in [6.45, 7) is 3.16. The van der Waals surface area contributed by atoms with Gasteiger partial charge in [-0.05, 0) is 6.92 Å². The molecule has 1 aromatic heterocycles. The lowest BCUT2D eigenvalue weighted by atomic mass is 10.3. The van der Waals surface area contributed by atoms with Crippen LogP contribution in [0.15, 0.2) is 18.0 Å². The van der Waals surface area contributed by atoms with Crippen molar-refractivity contribution in [3.05, 3.63) is 23.8 Å². The number of aryl methyl sites for hydroxylation is 1. The quantitative estimate of drug-likeness (QED) is 0.431. The minimum Gasteiger partial charge on any atom is -0.466 e. The molecule has 17 heavy (non-hydrogen) atoms. The molecule has 0 saturated carbocycles. The Morgan fingerprint density at radius 2 is 2.41 bits per heavy atom. The molecular weight excluding hydrogens is 220 g/mol. The Morgan fingerprint density at radius 1 is 1.65 bits per heavy atom. The van der Waals surface area contributed by atoms with Crippen molar-refractivity contribution in [2.75, 3.05) is 20.2 Å². The molecule has 0 bridgehead atoms. The van der Waals surface area contributed by atoms with Crippen molar-refractivity contribution < 1.29 is 9.53 Å². The highest BCUT2D eigenvalue weighted by atomic mass is 16.5. The second-order valence-corrected chi connectivity index (χ2v) is 3.69. The molecule has 0 unspecified atom stereocenters. The Hall–Kier alpha value is -1.69. The second kappa shape index (κ2) is 6.80. The van der Waals surface area contributed by atoms with Crippen LogP contribution in [0.4, 0.5) is 0 Å². The first-order valence-electron chi connectivity index (χ1n) is 5.43. The van der Waals surface area contributed by atoms with Crippen LogP contribution in [0.5, 0.6) is 0 Å². The maximum Gasteiger partial charge on any atom is 0.333 e. The third kappa shape index (κ3) is 4.36. The molecule has 0 amide bonds. The molecule has 0 aliphatic carbocycles. The van der Waals surface area contributed by atoms with Crippen LogP contribution in [0.3, 0.4) is 0 Å². The minimum absolute atomic E-state index is 0.292. The van der Waals surface area contributed by atoms with Gasteiger partial charge in [-0.15, -0.1) is 10.2 Å². The molecule has 1 aromatic rings. The number of carbonyl (C=O) groups is 1. The smallest absolute Gasteiger partial charge is 0.333 e. The van der Waals surface area contributed by atoms with Crippen LogP contribution >= 0.6 is 0 Å². The Kier molecular flexibility index (Phi) is 5.35. The maximum atomic E-state index is 11.1. The van der Waals surface area contributed by atoms with Gasteiger partial charge in [-0.1, -0.05) is 6.08 Å². The Labute approximate surface area is 101 Å². The summed E-state index contributed by atoms with van der Waals surface area (Å²) in [7, 11) is 3.29. The summed E-state index contributed by atoms with van der Waals surface area (Å²) >= 11 is 0. The number of ether oxygens (including phenoxy) is 1. The van der Waals surface area contributed by atoms with Crippen molar-refractivity contribution in [3.63, 3.8) is 0 Å². The fourth-order valence-corrected chi connectivity index (χ4v) is 1.31. The van der Waals surface area contributed by atoms with Gasteiger partial charge in [0.15, 0.2) is 0 Å². The van der Waals surface area contributed by atoms with Crippen LogP contribution in [-0.4, -0.2) is 40.9 Å². The maximum absolute atomic E-state index is 11.1. The van der Waals surface area contributed by atoms with Crippen LogP contribution in [0.25, 0.3) is 0 Å². The summed E-state index contributed by atoms with van der Waals surface area (Å²) in [4.78, 5) is 11.1. The number of methoxy groups -OCH3 is 1. The van der Waals surface area contributed by atoms with E-state index in [0.717, 1.165) is 18.8 Å². The van der Waals surface area contributed by atoms with Crippen LogP contribution in [0, 0.1) is 0 Å². The third-order valence-electron chi connectivity index (χ3n) is 2.39. The zero-order valence-corrected chi connectivity index (χ0v) is 10.4. The van der Waals surface area contributed by atoms with E-state index in [0.29, 0.717) is 12.1 Å². The molecule has 0 aromatic carbocycles. The van der Waals surface area contributed by atoms with Crippen LogP contribution < -0.4 is 5.32 Å². The van der Waals surface area contributed by atoms with Crippen LogP contribution in [0.1, 0.15) is 12.7 Å². The molecule has 0 saturated heterocycles. The van der Waals surface area contributed by atoms with Crippen molar-refractivity contribution in [2.24, 2.45) is 7.05 Å². The first kappa shape index (κ1) is 13.4. The number of hydrogen-bond acceptors (Lipinski definition) is 5. The van der Waals surface area contributed by atoms with Gasteiger partial charge in [-0.2, -0.15) is 0 Å². The average Bonchev–Trinajstić information content (AvgIpc) is 2.73. The standard InChI is InChI=1S/C11H18N4O2/c1-9(11(16)17-3)4-6-12-7-5-10-14-13-8-15(10)2/h4,8,12H,5-7H2,1-3H3. The van der Waals surface area contributed by atoms with Crippen molar-refractivity contribution >= 4 is 5.97 Å². The Morgan fingerprint density at radius 3 is 3.00 bits per heavy atom. The van der Waals surface area contributed by atoms with E-state index in [1.807, 2.05) is 17.7 Å². The number of aromatic nitrogens is 3. The molecule has 0 fully saturated rings. The van der Waals surface area contributed by atoms with E-state index in [4.69, 9.17) is 0 Å². The largest absolute Gasteiger partial charge is 0.466 e. The second-order valence-electron chi connectivity index (χ2n) is 3.69. The number of nitrogens with zero attached hydrogens (tertiary/aromatic N) is 3. The molecule has 6 heteroatoms. The summed E-state index contributed by atoms with van der Waals surface area (Å²) in [5, 5.41) is 11.0. The number of esters is 1. The molecular formula is C11H18N4O2. The summed E-state index contributed by atoms with van der Waals surface area (Å²) in [6.07, 6.45) is 4.29. The monoisotopic (exact) mass is 238 g/mol. The average molecular weight is 238 g/mol. The Bertz CT molecular complexity index is 398. The predicted molar refractivity (Wildman–Crippen MR) is 63.3 cm³/mol. The van der Waals surface area contributed by atoms with Crippen molar-refractivity contribution in [1.82, 2.24) is 20.1 Å². The summed E-state index contributed by atoms with van der Waals surface area (Å²) < 4.78 is 6.47.